The predicted molar refractivity (Wildman–Crippen MR) is 86.2 cm³/mol. The Hall–Kier alpha value is -0.390. The van der Waals surface area contributed by atoms with Gasteiger partial charge in [0.05, 0.1) is 18.1 Å². The van der Waals surface area contributed by atoms with Crippen LogP contribution in [0.15, 0.2) is 12.2 Å². The van der Waals surface area contributed by atoms with Crippen molar-refractivity contribution in [2.75, 3.05) is 44.9 Å². The fourth-order valence-corrected chi connectivity index (χ4v) is 5.26. The highest BCUT2D eigenvalue weighted by atomic mass is 32.2. The summed E-state index contributed by atoms with van der Waals surface area (Å²) in [7, 11) is -1.07. The topological polar surface area (TPSA) is 46.6 Å². The smallest absolute Gasteiger partial charge is 0.150 e. The Morgan fingerprint density at radius 1 is 1.19 bits per heavy atom. The molecule has 21 heavy (non-hydrogen) atoms. The summed E-state index contributed by atoms with van der Waals surface area (Å²) in [6.45, 7) is 3.61. The molecular weight excluding hydrogens is 286 g/mol. The third-order valence-corrected chi connectivity index (χ3v) is 6.47. The maximum absolute atomic E-state index is 11.8. The van der Waals surface area contributed by atoms with E-state index in [1.807, 2.05) is 0 Å². The quantitative estimate of drug-likeness (QED) is 0.675. The molecule has 122 valence electrons. The highest BCUT2D eigenvalue weighted by Crippen LogP contribution is 2.23. The van der Waals surface area contributed by atoms with Crippen molar-refractivity contribution in [2.24, 2.45) is 11.8 Å². The van der Waals surface area contributed by atoms with Gasteiger partial charge in [-0.25, -0.2) is 8.42 Å². The molecule has 0 bridgehead atoms. The first-order valence-corrected chi connectivity index (χ1v) is 9.98. The number of nitrogens with zero attached hydrogens (tertiary/aromatic N) is 1. The molecule has 0 unspecified atom stereocenters. The minimum atomic E-state index is -2.80. The third kappa shape index (κ3) is 6.09. The van der Waals surface area contributed by atoms with Gasteiger partial charge in [-0.1, -0.05) is 12.2 Å². The van der Waals surface area contributed by atoms with E-state index in [1.54, 1.807) is 7.11 Å². The van der Waals surface area contributed by atoms with Crippen LogP contribution in [0.2, 0.25) is 0 Å². The number of rotatable bonds is 7. The average molecular weight is 315 g/mol. The largest absolute Gasteiger partial charge is 0.383 e. The molecule has 4 nitrogen and oxygen atoms in total. The molecule has 0 saturated carbocycles. The van der Waals surface area contributed by atoms with Crippen molar-refractivity contribution >= 4 is 9.84 Å². The van der Waals surface area contributed by atoms with E-state index in [0.29, 0.717) is 23.3 Å². The summed E-state index contributed by atoms with van der Waals surface area (Å²) in [4.78, 5) is 2.43. The number of hydrogen-bond acceptors (Lipinski definition) is 4. The van der Waals surface area contributed by atoms with Crippen LogP contribution in [-0.4, -0.2) is 58.2 Å². The molecule has 0 spiro atoms. The number of methoxy groups -OCH3 is 1. The first-order chi connectivity index (χ1) is 10.1. The van der Waals surface area contributed by atoms with Crippen LogP contribution in [0.1, 0.15) is 32.1 Å². The molecule has 0 aromatic carbocycles. The Balaban J connectivity index is 1.87. The Bertz CT molecular complexity index is 433. The highest BCUT2D eigenvalue weighted by molar-refractivity contribution is 7.91. The van der Waals surface area contributed by atoms with E-state index >= 15 is 0 Å². The standard InChI is InChI=1S/C16H29NO3S/c1-20-10-9-17(12-15-6-3-2-4-7-15)13-16-8-5-11-21(18,19)14-16/h2-3,15-16H,4-14H2,1H3/t15-,16+/m0/s1. The van der Waals surface area contributed by atoms with Gasteiger partial charge in [0.2, 0.25) is 0 Å². The van der Waals surface area contributed by atoms with Gasteiger partial charge >= 0.3 is 0 Å². The van der Waals surface area contributed by atoms with Gasteiger partial charge in [0.25, 0.3) is 0 Å². The zero-order valence-electron chi connectivity index (χ0n) is 13.2. The molecule has 2 atom stereocenters. The Morgan fingerprint density at radius 2 is 2.00 bits per heavy atom. The normalized spacial score (nSPS) is 28.9. The SMILES string of the molecule is COCCN(C[C@H]1CCCS(=O)(=O)C1)C[C@H]1CC=CCC1. The first kappa shape index (κ1) is 17.0. The van der Waals surface area contributed by atoms with Crippen LogP contribution < -0.4 is 0 Å². The monoisotopic (exact) mass is 315 g/mol. The number of sulfone groups is 1. The van der Waals surface area contributed by atoms with Crippen molar-refractivity contribution in [3.63, 3.8) is 0 Å². The van der Waals surface area contributed by atoms with Gasteiger partial charge in [0, 0.05) is 26.7 Å². The summed E-state index contributed by atoms with van der Waals surface area (Å²) in [6, 6.07) is 0. The Kier molecular flexibility index (Phi) is 6.71. The van der Waals surface area contributed by atoms with Crippen molar-refractivity contribution in [1.29, 1.82) is 0 Å². The van der Waals surface area contributed by atoms with Crippen LogP contribution in [-0.2, 0) is 14.6 Å². The minimum absolute atomic E-state index is 0.305. The number of hydrogen-bond donors (Lipinski definition) is 0. The van der Waals surface area contributed by atoms with Crippen LogP contribution in [0.5, 0.6) is 0 Å². The van der Waals surface area contributed by atoms with E-state index in [9.17, 15) is 8.42 Å². The van der Waals surface area contributed by atoms with E-state index in [2.05, 4.69) is 17.1 Å². The lowest BCUT2D eigenvalue weighted by Gasteiger charge is -2.32. The molecule has 5 heteroatoms. The van der Waals surface area contributed by atoms with Crippen LogP contribution in [0.25, 0.3) is 0 Å². The van der Waals surface area contributed by atoms with E-state index in [1.165, 1.54) is 12.8 Å². The molecule has 0 aromatic heterocycles. The fraction of sp³-hybridized carbons (Fsp3) is 0.875. The molecule has 1 aliphatic carbocycles. The highest BCUT2D eigenvalue weighted by Gasteiger charge is 2.27. The zero-order valence-corrected chi connectivity index (χ0v) is 14.0. The van der Waals surface area contributed by atoms with E-state index in [0.717, 1.165) is 45.5 Å². The second kappa shape index (κ2) is 8.30. The van der Waals surface area contributed by atoms with Crippen molar-refractivity contribution in [1.82, 2.24) is 4.90 Å². The van der Waals surface area contributed by atoms with Crippen LogP contribution >= 0.6 is 0 Å². The molecule has 1 heterocycles. The number of allylic oxidation sites excluding steroid dienone is 2. The summed E-state index contributed by atoms with van der Waals surface area (Å²) >= 11 is 0. The van der Waals surface area contributed by atoms with Gasteiger partial charge in [0.1, 0.15) is 0 Å². The lowest BCUT2D eigenvalue weighted by atomic mass is 9.93. The second-order valence-corrected chi connectivity index (χ2v) is 8.75. The van der Waals surface area contributed by atoms with Crippen molar-refractivity contribution in [2.45, 2.75) is 32.1 Å². The summed E-state index contributed by atoms with van der Waals surface area (Å²) < 4.78 is 28.8. The molecular formula is C16H29NO3S. The van der Waals surface area contributed by atoms with Crippen molar-refractivity contribution in [3.05, 3.63) is 12.2 Å². The van der Waals surface area contributed by atoms with Gasteiger partial charge in [-0.3, -0.25) is 0 Å². The molecule has 1 aliphatic heterocycles. The van der Waals surface area contributed by atoms with Gasteiger partial charge in [-0.2, -0.15) is 0 Å². The molecule has 0 aromatic rings. The lowest BCUT2D eigenvalue weighted by molar-refractivity contribution is 0.123. The van der Waals surface area contributed by atoms with Crippen molar-refractivity contribution in [3.8, 4) is 0 Å². The first-order valence-electron chi connectivity index (χ1n) is 8.16. The van der Waals surface area contributed by atoms with Gasteiger partial charge in [-0.15, -0.1) is 0 Å². The maximum Gasteiger partial charge on any atom is 0.150 e. The molecule has 0 amide bonds. The Morgan fingerprint density at radius 3 is 2.67 bits per heavy atom. The minimum Gasteiger partial charge on any atom is -0.383 e. The van der Waals surface area contributed by atoms with E-state index < -0.39 is 9.84 Å². The zero-order chi connectivity index (χ0) is 15.1. The molecule has 0 N–H and O–H groups in total. The Labute approximate surface area is 129 Å². The van der Waals surface area contributed by atoms with Crippen LogP contribution in [0, 0.1) is 11.8 Å². The third-order valence-electron chi connectivity index (χ3n) is 4.58. The van der Waals surface area contributed by atoms with Crippen LogP contribution in [0.4, 0.5) is 0 Å². The number of ether oxygens (including phenoxy) is 1. The van der Waals surface area contributed by atoms with E-state index in [-0.39, 0.29) is 0 Å². The lowest BCUT2D eigenvalue weighted by Crippen LogP contribution is -2.40. The fourth-order valence-electron chi connectivity index (χ4n) is 3.49. The predicted octanol–water partition coefficient (Wildman–Crippen LogP) is 2.12. The molecule has 1 saturated heterocycles. The van der Waals surface area contributed by atoms with Crippen LogP contribution in [0.3, 0.4) is 0 Å². The maximum atomic E-state index is 11.8. The molecule has 2 rings (SSSR count). The summed E-state index contributed by atoms with van der Waals surface area (Å²) in [5.41, 5.74) is 0. The summed E-state index contributed by atoms with van der Waals surface area (Å²) in [6.07, 6.45) is 10.0. The van der Waals surface area contributed by atoms with Gasteiger partial charge in [-0.05, 0) is 43.9 Å². The molecule has 1 fully saturated rings. The van der Waals surface area contributed by atoms with Gasteiger partial charge < -0.3 is 9.64 Å². The molecule has 0 radical (unpaired) electrons. The van der Waals surface area contributed by atoms with Gasteiger partial charge in [0.15, 0.2) is 9.84 Å². The molecule has 2 aliphatic rings. The van der Waals surface area contributed by atoms with Crippen molar-refractivity contribution < 1.29 is 13.2 Å². The second-order valence-electron chi connectivity index (χ2n) is 6.53. The summed E-state index contributed by atoms with van der Waals surface area (Å²) in [5.74, 6) is 1.78. The van der Waals surface area contributed by atoms with E-state index in [4.69, 9.17) is 4.74 Å². The summed E-state index contributed by atoms with van der Waals surface area (Å²) in [5, 5.41) is 0. The average Bonchev–Trinajstić information content (AvgIpc) is 2.45.